The maximum absolute atomic E-state index is 6.30. The van der Waals surface area contributed by atoms with Crippen LogP contribution >= 0.6 is 0 Å². The Labute approximate surface area is 271 Å². The van der Waals surface area contributed by atoms with Gasteiger partial charge in [-0.2, -0.15) is 0 Å². The number of anilines is 3. The van der Waals surface area contributed by atoms with Gasteiger partial charge in [0.05, 0.1) is 11.0 Å². The highest BCUT2D eigenvalue weighted by Crippen LogP contribution is 2.41. The predicted molar refractivity (Wildman–Crippen MR) is 198 cm³/mol. The van der Waals surface area contributed by atoms with Gasteiger partial charge in [-0.3, -0.25) is 0 Å². The van der Waals surface area contributed by atoms with Crippen LogP contribution in [0, 0.1) is 0 Å². The SMILES string of the molecule is c1ccc(N(c2ccc3c(ccc4cc5c6ccccc6n(-c6ccccc6)c5cc43)c2)c2ccc3c(c2)oc2ccccc23)cc1. The molecule has 10 rings (SSSR count). The first-order valence-electron chi connectivity index (χ1n) is 16.0. The third kappa shape index (κ3) is 4.00. The maximum atomic E-state index is 6.30. The number of para-hydroxylation sites is 4. The number of benzene rings is 8. The summed E-state index contributed by atoms with van der Waals surface area (Å²) in [7, 11) is 0. The summed E-state index contributed by atoms with van der Waals surface area (Å²) in [5.41, 5.74) is 8.63. The molecular formula is C44H28N2O. The second-order valence-corrected chi connectivity index (χ2v) is 12.2. The topological polar surface area (TPSA) is 21.3 Å². The molecular weight excluding hydrogens is 572 g/mol. The fraction of sp³-hybridized carbons (Fsp3) is 0. The number of aromatic nitrogens is 1. The van der Waals surface area contributed by atoms with Crippen molar-refractivity contribution in [2.75, 3.05) is 4.90 Å². The summed E-state index contributed by atoms with van der Waals surface area (Å²) in [6.07, 6.45) is 0. The van der Waals surface area contributed by atoms with Crippen molar-refractivity contribution in [3.8, 4) is 5.69 Å². The quantitative estimate of drug-likeness (QED) is 0.187. The molecule has 0 aliphatic rings. The van der Waals surface area contributed by atoms with Crippen LogP contribution in [-0.4, -0.2) is 4.57 Å². The molecule has 220 valence electrons. The molecule has 0 radical (unpaired) electrons. The standard InChI is InChI=1S/C44H28N2O/c1-3-11-31(12-4-1)45(34-22-24-38-37-16-8-10-18-43(37)47-44(38)27-34)33-21-23-35-29(25-33)19-20-30-26-40-36-15-7-9-17-41(36)46(42(40)28-39(30)35)32-13-5-2-6-14-32/h1-28H. The Balaban J connectivity index is 1.18. The molecule has 47 heavy (non-hydrogen) atoms. The van der Waals surface area contributed by atoms with Crippen molar-refractivity contribution in [2.24, 2.45) is 0 Å². The molecule has 2 heterocycles. The minimum Gasteiger partial charge on any atom is -0.456 e. The monoisotopic (exact) mass is 600 g/mol. The van der Waals surface area contributed by atoms with Gasteiger partial charge in [0.15, 0.2) is 0 Å². The number of furan rings is 1. The summed E-state index contributed by atoms with van der Waals surface area (Å²) in [6.45, 7) is 0. The molecule has 0 spiro atoms. The van der Waals surface area contributed by atoms with E-state index in [0.717, 1.165) is 39.0 Å². The Morgan fingerprint density at radius 3 is 1.83 bits per heavy atom. The van der Waals surface area contributed by atoms with Crippen LogP contribution in [0.4, 0.5) is 17.1 Å². The lowest BCUT2D eigenvalue weighted by Crippen LogP contribution is -2.09. The molecule has 3 nitrogen and oxygen atoms in total. The van der Waals surface area contributed by atoms with E-state index in [9.17, 15) is 0 Å². The lowest BCUT2D eigenvalue weighted by atomic mass is 9.99. The van der Waals surface area contributed by atoms with E-state index < -0.39 is 0 Å². The molecule has 10 aromatic rings. The van der Waals surface area contributed by atoms with Crippen LogP contribution in [0.2, 0.25) is 0 Å². The fourth-order valence-corrected chi connectivity index (χ4v) is 7.39. The minimum atomic E-state index is 0.884. The molecule has 3 heteroatoms. The van der Waals surface area contributed by atoms with Crippen molar-refractivity contribution in [3.05, 3.63) is 170 Å². The molecule has 0 saturated heterocycles. The zero-order valence-corrected chi connectivity index (χ0v) is 25.5. The van der Waals surface area contributed by atoms with Crippen molar-refractivity contribution < 1.29 is 4.42 Å². The van der Waals surface area contributed by atoms with Crippen LogP contribution < -0.4 is 4.90 Å². The number of hydrogen-bond donors (Lipinski definition) is 0. The highest BCUT2D eigenvalue weighted by atomic mass is 16.3. The molecule has 0 atom stereocenters. The summed E-state index contributed by atoms with van der Waals surface area (Å²) in [5.74, 6) is 0. The fourth-order valence-electron chi connectivity index (χ4n) is 7.39. The summed E-state index contributed by atoms with van der Waals surface area (Å²) >= 11 is 0. The van der Waals surface area contributed by atoms with E-state index in [4.69, 9.17) is 4.42 Å². The van der Waals surface area contributed by atoms with Crippen molar-refractivity contribution in [1.82, 2.24) is 4.57 Å². The van der Waals surface area contributed by atoms with Gasteiger partial charge in [-0.05, 0) is 94.3 Å². The van der Waals surface area contributed by atoms with Gasteiger partial charge in [0.2, 0.25) is 0 Å². The largest absolute Gasteiger partial charge is 0.456 e. The van der Waals surface area contributed by atoms with Gasteiger partial charge in [0, 0.05) is 50.4 Å². The van der Waals surface area contributed by atoms with Gasteiger partial charge in [-0.25, -0.2) is 0 Å². The lowest BCUT2D eigenvalue weighted by Gasteiger charge is -2.26. The van der Waals surface area contributed by atoms with E-state index in [0.29, 0.717) is 0 Å². The van der Waals surface area contributed by atoms with Crippen LogP contribution in [0.15, 0.2) is 174 Å². The smallest absolute Gasteiger partial charge is 0.137 e. The van der Waals surface area contributed by atoms with Crippen molar-refractivity contribution in [2.45, 2.75) is 0 Å². The lowest BCUT2D eigenvalue weighted by molar-refractivity contribution is 0.669. The Morgan fingerprint density at radius 2 is 1.00 bits per heavy atom. The van der Waals surface area contributed by atoms with E-state index in [1.807, 2.05) is 12.1 Å². The molecule has 0 amide bonds. The first kappa shape index (κ1) is 26.0. The summed E-state index contributed by atoms with van der Waals surface area (Å²) in [6, 6.07) is 60.8. The highest BCUT2D eigenvalue weighted by Gasteiger charge is 2.17. The molecule has 0 aliphatic heterocycles. The van der Waals surface area contributed by atoms with Crippen LogP contribution in [-0.2, 0) is 0 Å². The van der Waals surface area contributed by atoms with E-state index in [-0.39, 0.29) is 0 Å². The first-order chi connectivity index (χ1) is 23.3. The Kier molecular flexibility index (Phi) is 5.57. The van der Waals surface area contributed by atoms with E-state index in [1.165, 1.54) is 49.0 Å². The molecule has 0 N–H and O–H groups in total. The Morgan fingerprint density at radius 1 is 0.362 bits per heavy atom. The predicted octanol–water partition coefficient (Wildman–Crippen LogP) is 12.5. The Bertz CT molecular complexity index is 2790. The van der Waals surface area contributed by atoms with E-state index in [1.54, 1.807) is 0 Å². The average Bonchev–Trinajstić information content (AvgIpc) is 3.66. The molecule has 2 aromatic heterocycles. The van der Waals surface area contributed by atoms with Gasteiger partial charge >= 0.3 is 0 Å². The molecule has 0 saturated carbocycles. The second kappa shape index (κ2) is 10.1. The van der Waals surface area contributed by atoms with Crippen LogP contribution in [0.1, 0.15) is 0 Å². The molecule has 0 fully saturated rings. The molecule has 8 aromatic carbocycles. The van der Waals surface area contributed by atoms with Crippen LogP contribution in [0.25, 0.3) is 71.0 Å². The zero-order valence-electron chi connectivity index (χ0n) is 25.5. The normalized spacial score (nSPS) is 11.8. The molecule has 0 bridgehead atoms. The zero-order chi connectivity index (χ0) is 30.9. The van der Waals surface area contributed by atoms with E-state index in [2.05, 4.69) is 167 Å². The van der Waals surface area contributed by atoms with Crippen LogP contribution in [0.3, 0.4) is 0 Å². The molecule has 0 unspecified atom stereocenters. The summed E-state index contributed by atoms with van der Waals surface area (Å²) in [4.78, 5) is 2.31. The average molecular weight is 601 g/mol. The number of rotatable bonds is 4. The third-order valence-electron chi connectivity index (χ3n) is 9.52. The molecule has 0 aliphatic carbocycles. The number of fused-ring (bicyclic) bond motifs is 9. The van der Waals surface area contributed by atoms with Gasteiger partial charge in [-0.15, -0.1) is 0 Å². The maximum Gasteiger partial charge on any atom is 0.137 e. The summed E-state index contributed by atoms with van der Waals surface area (Å²) < 4.78 is 8.69. The number of nitrogens with zero attached hydrogens (tertiary/aromatic N) is 2. The second-order valence-electron chi connectivity index (χ2n) is 12.2. The Hall–Kier alpha value is -6.32. The van der Waals surface area contributed by atoms with Crippen molar-refractivity contribution >= 4 is 82.4 Å². The van der Waals surface area contributed by atoms with Gasteiger partial charge in [0.1, 0.15) is 11.2 Å². The van der Waals surface area contributed by atoms with Crippen molar-refractivity contribution in [3.63, 3.8) is 0 Å². The third-order valence-corrected chi connectivity index (χ3v) is 9.52. The van der Waals surface area contributed by atoms with Gasteiger partial charge in [0.25, 0.3) is 0 Å². The van der Waals surface area contributed by atoms with Gasteiger partial charge in [-0.1, -0.05) is 91.0 Å². The van der Waals surface area contributed by atoms with Gasteiger partial charge < -0.3 is 13.9 Å². The van der Waals surface area contributed by atoms with Crippen molar-refractivity contribution in [1.29, 1.82) is 0 Å². The van der Waals surface area contributed by atoms with E-state index >= 15 is 0 Å². The first-order valence-corrected chi connectivity index (χ1v) is 16.0. The highest BCUT2D eigenvalue weighted by molar-refractivity contribution is 6.18. The minimum absolute atomic E-state index is 0.884. The number of hydrogen-bond acceptors (Lipinski definition) is 2. The van der Waals surface area contributed by atoms with Crippen LogP contribution in [0.5, 0.6) is 0 Å². The summed E-state index contributed by atoms with van der Waals surface area (Å²) in [5, 5.41) is 9.72.